The number of nitrogens with two attached hydrogens (primary N) is 1. The molecule has 0 aromatic carbocycles. The Labute approximate surface area is 102 Å². The van der Waals surface area contributed by atoms with Gasteiger partial charge >= 0.3 is 0 Å². The number of rotatable bonds is 4. The van der Waals surface area contributed by atoms with Gasteiger partial charge in [-0.1, -0.05) is 19.8 Å². The number of aromatic nitrogens is 2. The second kappa shape index (κ2) is 5.31. The van der Waals surface area contributed by atoms with Gasteiger partial charge in [0.2, 0.25) is 0 Å². The molecule has 1 fully saturated rings. The van der Waals surface area contributed by atoms with Crippen molar-refractivity contribution in [2.45, 2.75) is 45.1 Å². The maximum absolute atomic E-state index is 5.44. The number of anilines is 2. The Hall–Kier alpha value is -1.36. The minimum atomic E-state index is 0.611. The molecule has 5 heteroatoms. The van der Waals surface area contributed by atoms with E-state index in [0.717, 1.165) is 18.1 Å². The molecule has 1 aromatic rings. The Morgan fingerprint density at radius 1 is 1.41 bits per heavy atom. The van der Waals surface area contributed by atoms with Crippen molar-refractivity contribution in [2.24, 2.45) is 5.84 Å². The van der Waals surface area contributed by atoms with Gasteiger partial charge < -0.3 is 10.3 Å². The second-order valence-corrected chi connectivity index (χ2v) is 4.57. The first kappa shape index (κ1) is 12.1. The van der Waals surface area contributed by atoms with E-state index in [-0.39, 0.29) is 0 Å². The molecule has 5 nitrogen and oxygen atoms in total. The number of hydrogen-bond donors (Lipinski definition) is 2. The first-order chi connectivity index (χ1) is 8.24. The van der Waals surface area contributed by atoms with Gasteiger partial charge in [0.15, 0.2) is 0 Å². The maximum atomic E-state index is 5.44. The van der Waals surface area contributed by atoms with Crippen LogP contribution in [-0.4, -0.2) is 23.1 Å². The van der Waals surface area contributed by atoms with Crippen molar-refractivity contribution in [3.8, 4) is 0 Å². The molecule has 1 aromatic heterocycles. The van der Waals surface area contributed by atoms with Crippen LogP contribution in [0.4, 0.5) is 11.6 Å². The van der Waals surface area contributed by atoms with E-state index in [4.69, 9.17) is 5.84 Å². The summed E-state index contributed by atoms with van der Waals surface area (Å²) < 4.78 is 0. The van der Waals surface area contributed by atoms with Crippen molar-refractivity contribution in [1.82, 2.24) is 9.97 Å². The number of nitrogens with zero attached hydrogens (tertiary/aromatic N) is 3. The van der Waals surface area contributed by atoms with Gasteiger partial charge in [-0.2, -0.15) is 0 Å². The predicted octanol–water partition coefficient (Wildman–Crippen LogP) is 1.70. The second-order valence-electron chi connectivity index (χ2n) is 4.57. The monoisotopic (exact) mass is 235 g/mol. The van der Waals surface area contributed by atoms with Crippen LogP contribution in [0.2, 0.25) is 0 Å². The van der Waals surface area contributed by atoms with E-state index in [2.05, 4.69) is 34.3 Å². The van der Waals surface area contributed by atoms with Gasteiger partial charge in [0.05, 0.1) is 0 Å². The summed E-state index contributed by atoms with van der Waals surface area (Å²) in [5.74, 6) is 7.93. The third-order valence-electron chi connectivity index (χ3n) is 3.46. The molecule has 0 spiro atoms. The molecule has 0 amide bonds. The average Bonchev–Trinajstić information content (AvgIpc) is 2.91. The van der Waals surface area contributed by atoms with Crippen LogP contribution in [-0.2, 0) is 6.42 Å². The highest BCUT2D eigenvalue weighted by molar-refractivity contribution is 5.49. The zero-order valence-corrected chi connectivity index (χ0v) is 10.6. The minimum absolute atomic E-state index is 0.611. The predicted molar refractivity (Wildman–Crippen MR) is 69.9 cm³/mol. The molecule has 3 N–H and O–H groups in total. The Balaban J connectivity index is 2.23. The van der Waals surface area contributed by atoms with Crippen LogP contribution in [0.25, 0.3) is 0 Å². The zero-order valence-electron chi connectivity index (χ0n) is 10.6. The lowest BCUT2D eigenvalue weighted by atomic mass is 10.2. The van der Waals surface area contributed by atoms with Crippen molar-refractivity contribution in [1.29, 1.82) is 0 Å². The summed E-state index contributed by atoms with van der Waals surface area (Å²) >= 11 is 0. The van der Waals surface area contributed by atoms with Crippen LogP contribution in [0, 0.1) is 0 Å². The summed E-state index contributed by atoms with van der Waals surface area (Å²) in [7, 11) is 2.11. The molecule has 0 aliphatic heterocycles. The molecule has 0 unspecified atom stereocenters. The molecule has 17 heavy (non-hydrogen) atoms. The zero-order chi connectivity index (χ0) is 12.3. The van der Waals surface area contributed by atoms with Crippen molar-refractivity contribution in [3.63, 3.8) is 0 Å². The van der Waals surface area contributed by atoms with Gasteiger partial charge in [-0.15, -0.1) is 0 Å². The summed E-state index contributed by atoms with van der Waals surface area (Å²) in [5, 5.41) is 0. The minimum Gasteiger partial charge on any atom is -0.357 e. The van der Waals surface area contributed by atoms with Crippen molar-refractivity contribution in [3.05, 3.63) is 11.9 Å². The molecule has 2 rings (SSSR count). The quantitative estimate of drug-likeness (QED) is 0.614. The molecule has 1 heterocycles. The molecule has 0 saturated heterocycles. The number of hydrogen-bond acceptors (Lipinski definition) is 5. The van der Waals surface area contributed by atoms with Crippen molar-refractivity contribution >= 4 is 11.6 Å². The lowest BCUT2D eigenvalue weighted by Gasteiger charge is -2.25. The Morgan fingerprint density at radius 3 is 2.71 bits per heavy atom. The third-order valence-corrected chi connectivity index (χ3v) is 3.46. The van der Waals surface area contributed by atoms with Crippen LogP contribution in [0.5, 0.6) is 0 Å². The van der Waals surface area contributed by atoms with Crippen LogP contribution >= 0.6 is 0 Å². The Morgan fingerprint density at radius 2 is 2.12 bits per heavy atom. The van der Waals surface area contributed by atoms with Crippen LogP contribution in [0.15, 0.2) is 6.07 Å². The van der Waals surface area contributed by atoms with E-state index in [1.165, 1.54) is 25.7 Å². The van der Waals surface area contributed by atoms with Gasteiger partial charge in [-0.25, -0.2) is 15.8 Å². The highest BCUT2D eigenvalue weighted by atomic mass is 15.3. The fourth-order valence-corrected chi connectivity index (χ4v) is 2.37. The van der Waals surface area contributed by atoms with Crippen molar-refractivity contribution in [2.75, 3.05) is 17.4 Å². The number of nitrogens with one attached hydrogen (secondary N) is 1. The standard InChI is InChI=1S/C12H21N5/c1-3-10-14-11(16-13)8-12(15-10)17(2)9-6-4-5-7-9/h8-9H,3-7,13H2,1-2H3,(H,14,15,16). The molecular formula is C12H21N5. The van der Waals surface area contributed by atoms with Crippen LogP contribution in [0.3, 0.4) is 0 Å². The first-order valence-electron chi connectivity index (χ1n) is 6.32. The summed E-state index contributed by atoms with van der Waals surface area (Å²) in [6.45, 7) is 2.05. The normalized spacial score (nSPS) is 16.2. The van der Waals surface area contributed by atoms with E-state index in [1.54, 1.807) is 0 Å². The first-order valence-corrected chi connectivity index (χ1v) is 6.32. The summed E-state index contributed by atoms with van der Waals surface area (Å²) in [4.78, 5) is 11.1. The molecule has 0 atom stereocenters. The van der Waals surface area contributed by atoms with Gasteiger partial charge in [0, 0.05) is 25.6 Å². The van der Waals surface area contributed by atoms with Crippen LogP contribution < -0.4 is 16.2 Å². The van der Waals surface area contributed by atoms with E-state index >= 15 is 0 Å². The lowest BCUT2D eigenvalue weighted by Crippen LogP contribution is -2.30. The average molecular weight is 235 g/mol. The Bertz CT molecular complexity index is 351. The lowest BCUT2D eigenvalue weighted by molar-refractivity contribution is 0.644. The largest absolute Gasteiger partial charge is 0.357 e. The van der Waals surface area contributed by atoms with Gasteiger partial charge in [-0.05, 0) is 12.8 Å². The molecular weight excluding hydrogens is 214 g/mol. The van der Waals surface area contributed by atoms with Gasteiger partial charge in [-0.3, -0.25) is 0 Å². The summed E-state index contributed by atoms with van der Waals surface area (Å²) in [6.07, 6.45) is 5.98. The molecule has 1 aliphatic carbocycles. The van der Waals surface area contributed by atoms with E-state index < -0.39 is 0 Å². The van der Waals surface area contributed by atoms with Crippen LogP contribution in [0.1, 0.15) is 38.4 Å². The number of hydrazine groups is 1. The SMILES string of the molecule is CCc1nc(NN)cc(N(C)C2CCCC2)n1. The highest BCUT2D eigenvalue weighted by Crippen LogP contribution is 2.26. The third kappa shape index (κ3) is 2.66. The van der Waals surface area contributed by atoms with E-state index in [0.29, 0.717) is 11.9 Å². The maximum Gasteiger partial charge on any atom is 0.145 e. The highest BCUT2D eigenvalue weighted by Gasteiger charge is 2.21. The van der Waals surface area contributed by atoms with E-state index in [1.807, 2.05) is 6.07 Å². The molecule has 0 bridgehead atoms. The van der Waals surface area contributed by atoms with Gasteiger partial charge in [0.25, 0.3) is 0 Å². The number of nitrogen functional groups attached to an aromatic ring is 1. The number of aryl methyl sites for hydroxylation is 1. The fraction of sp³-hybridized carbons (Fsp3) is 0.667. The Kier molecular flexibility index (Phi) is 3.78. The summed E-state index contributed by atoms with van der Waals surface area (Å²) in [6, 6.07) is 2.53. The topological polar surface area (TPSA) is 67.1 Å². The summed E-state index contributed by atoms with van der Waals surface area (Å²) in [5.41, 5.74) is 2.61. The molecule has 0 radical (unpaired) electrons. The van der Waals surface area contributed by atoms with Gasteiger partial charge in [0.1, 0.15) is 17.5 Å². The van der Waals surface area contributed by atoms with E-state index in [9.17, 15) is 0 Å². The molecule has 1 saturated carbocycles. The fourth-order valence-electron chi connectivity index (χ4n) is 2.37. The smallest absolute Gasteiger partial charge is 0.145 e. The molecule has 94 valence electrons. The van der Waals surface area contributed by atoms with Crippen molar-refractivity contribution < 1.29 is 0 Å². The molecule has 1 aliphatic rings.